The molecule has 0 unspecified atom stereocenters. The summed E-state index contributed by atoms with van der Waals surface area (Å²) >= 11 is 6.08. The SMILES string of the molecule is C[C@@H](C(=O)N1CCOCC1)N1CC[C@H](N(Cc2ccoc2)S(=O)(=O)c2ccc3cc(Cl)ccc3c2)C1=O. The summed E-state index contributed by atoms with van der Waals surface area (Å²) in [5.41, 5.74) is 0.625. The molecule has 0 spiro atoms. The number of furan rings is 1. The molecule has 0 saturated carbocycles. The molecule has 3 heterocycles. The summed E-state index contributed by atoms with van der Waals surface area (Å²) in [6.45, 7) is 3.82. The molecule has 2 amide bonds. The van der Waals surface area contributed by atoms with Crippen LogP contribution in [0.1, 0.15) is 18.9 Å². The highest BCUT2D eigenvalue weighted by Crippen LogP contribution is 2.30. The molecule has 0 bridgehead atoms. The topological polar surface area (TPSA) is 100 Å². The van der Waals surface area contributed by atoms with Gasteiger partial charge in [-0.1, -0.05) is 23.7 Å². The predicted octanol–water partition coefficient (Wildman–Crippen LogP) is 3.13. The largest absolute Gasteiger partial charge is 0.472 e. The minimum atomic E-state index is -4.09. The van der Waals surface area contributed by atoms with E-state index in [-0.39, 0.29) is 36.2 Å². The lowest BCUT2D eigenvalue weighted by molar-refractivity contribution is -0.146. The van der Waals surface area contributed by atoms with E-state index in [0.717, 1.165) is 10.8 Å². The van der Waals surface area contributed by atoms with Crippen molar-refractivity contribution in [1.29, 1.82) is 0 Å². The average molecular weight is 546 g/mol. The number of fused-ring (bicyclic) bond motifs is 1. The third kappa shape index (κ3) is 5.11. The van der Waals surface area contributed by atoms with E-state index in [2.05, 4.69) is 0 Å². The third-order valence-corrected chi connectivity index (χ3v) is 9.09. The van der Waals surface area contributed by atoms with Crippen molar-refractivity contribution >= 4 is 44.2 Å². The Labute approximate surface area is 220 Å². The number of carbonyl (C=O) groups is 2. The lowest BCUT2D eigenvalue weighted by Crippen LogP contribution is -2.53. The van der Waals surface area contributed by atoms with Gasteiger partial charge in [0, 0.05) is 36.8 Å². The van der Waals surface area contributed by atoms with Gasteiger partial charge < -0.3 is 19.0 Å². The summed E-state index contributed by atoms with van der Waals surface area (Å²) in [4.78, 5) is 29.9. The average Bonchev–Trinajstić information content (AvgIpc) is 3.56. The van der Waals surface area contributed by atoms with Crippen LogP contribution in [0.5, 0.6) is 0 Å². The fourth-order valence-electron chi connectivity index (χ4n) is 4.94. The molecule has 0 aliphatic carbocycles. The number of hydrogen-bond acceptors (Lipinski definition) is 6. The normalized spacial score (nSPS) is 19.6. The third-order valence-electron chi connectivity index (χ3n) is 7.01. The van der Waals surface area contributed by atoms with Crippen LogP contribution in [0.25, 0.3) is 10.8 Å². The summed E-state index contributed by atoms with van der Waals surface area (Å²) in [5.74, 6) is -0.538. The van der Waals surface area contributed by atoms with Gasteiger partial charge in [-0.05, 0) is 54.4 Å². The first kappa shape index (κ1) is 25.7. The Kier molecular flexibility index (Phi) is 7.26. The zero-order chi connectivity index (χ0) is 26.2. The first-order valence-electron chi connectivity index (χ1n) is 12.1. The molecule has 2 aliphatic rings. The fraction of sp³-hybridized carbons (Fsp3) is 0.385. The Morgan fingerprint density at radius 3 is 2.57 bits per heavy atom. The van der Waals surface area contributed by atoms with Gasteiger partial charge in [-0.2, -0.15) is 4.31 Å². The number of carbonyl (C=O) groups excluding carboxylic acids is 2. The maximum atomic E-state index is 14.0. The van der Waals surface area contributed by atoms with Crippen LogP contribution in [-0.2, 0) is 30.9 Å². The smallest absolute Gasteiger partial charge is 0.245 e. The molecule has 11 heteroatoms. The summed E-state index contributed by atoms with van der Waals surface area (Å²) in [6, 6.07) is 10.1. The first-order chi connectivity index (χ1) is 17.8. The number of halogens is 1. The van der Waals surface area contributed by atoms with Crippen LogP contribution in [-0.4, -0.2) is 79.3 Å². The minimum absolute atomic E-state index is 0.0342. The van der Waals surface area contributed by atoms with Crippen LogP contribution in [0.4, 0.5) is 0 Å². The second-order valence-corrected chi connectivity index (χ2v) is 11.6. The molecular weight excluding hydrogens is 518 g/mol. The number of ether oxygens (including phenoxy) is 1. The molecule has 196 valence electrons. The van der Waals surface area contributed by atoms with Crippen LogP contribution in [0.15, 0.2) is 64.3 Å². The van der Waals surface area contributed by atoms with Gasteiger partial charge in [0.05, 0.1) is 30.6 Å². The number of hydrogen-bond donors (Lipinski definition) is 0. The molecule has 2 atom stereocenters. The molecule has 9 nitrogen and oxygen atoms in total. The molecular formula is C26H28ClN3O6S. The van der Waals surface area contributed by atoms with Gasteiger partial charge in [-0.25, -0.2) is 8.42 Å². The first-order valence-corrected chi connectivity index (χ1v) is 14.0. The van der Waals surface area contributed by atoms with Crippen molar-refractivity contribution in [2.24, 2.45) is 0 Å². The van der Waals surface area contributed by atoms with Crippen molar-refractivity contribution in [3.63, 3.8) is 0 Å². The van der Waals surface area contributed by atoms with E-state index in [4.69, 9.17) is 20.8 Å². The molecule has 2 saturated heterocycles. The van der Waals surface area contributed by atoms with E-state index >= 15 is 0 Å². The standard InChI is InChI=1S/C26H28ClN3O6S/c1-18(25(31)28-9-12-35-13-10-28)29-8-6-24(26(29)32)30(16-19-7-11-36-17-19)37(33,34)23-5-3-20-14-22(27)4-2-21(20)15-23/h2-5,7,11,14-15,17-18,24H,6,8-10,12-13,16H2,1H3/t18-,24-/m0/s1. The monoisotopic (exact) mass is 545 g/mol. The quantitative estimate of drug-likeness (QED) is 0.452. The van der Waals surface area contributed by atoms with E-state index in [0.29, 0.717) is 36.9 Å². The summed E-state index contributed by atoms with van der Waals surface area (Å²) in [7, 11) is -4.09. The molecule has 3 aromatic rings. The number of amides is 2. The van der Waals surface area contributed by atoms with Crippen molar-refractivity contribution in [3.05, 3.63) is 65.6 Å². The van der Waals surface area contributed by atoms with Crippen LogP contribution >= 0.6 is 11.6 Å². The predicted molar refractivity (Wildman–Crippen MR) is 137 cm³/mol. The van der Waals surface area contributed by atoms with Gasteiger partial charge in [0.1, 0.15) is 12.1 Å². The Morgan fingerprint density at radius 2 is 1.84 bits per heavy atom. The van der Waals surface area contributed by atoms with Gasteiger partial charge in [0.25, 0.3) is 0 Å². The maximum Gasteiger partial charge on any atom is 0.245 e. The number of sulfonamides is 1. The highest BCUT2D eigenvalue weighted by Gasteiger charge is 2.45. The molecule has 5 rings (SSSR count). The lowest BCUT2D eigenvalue weighted by atomic mass is 10.1. The van der Waals surface area contributed by atoms with Gasteiger partial charge in [-0.15, -0.1) is 0 Å². The summed E-state index contributed by atoms with van der Waals surface area (Å²) in [5, 5.41) is 2.09. The summed E-state index contributed by atoms with van der Waals surface area (Å²) in [6.07, 6.45) is 3.21. The van der Waals surface area contributed by atoms with Crippen LogP contribution in [0.2, 0.25) is 5.02 Å². The van der Waals surface area contributed by atoms with Gasteiger partial charge in [-0.3, -0.25) is 9.59 Å². The molecule has 0 radical (unpaired) electrons. The van der Waals surface area contributed by atoms with E-state index in [1.165, 1.54) is 27.8 Å². The number of likely N-dealkylation sites (tertiary alicyclic amines) is 1. The van der Waals surface area contributed by atoms with Crippen LogP contribution < -0.4 is 0 Å². The molecule has 1 aromatic heterocycles. The van der Waals surface area contributed by atoms with E-state index < -0.39 is 22.1 Å². The highest BCUT2D eigenvalue weighted by atomic mass is 35.5. The molecule has 2 aliphatic heterocycles. The van der Waals surface area contributed by atoms with Crippen LogP contribution in [0, 0.1) is 0 Å². The lowest BCUT2D eigenvalue weighted by Gasteiger charge is -2.33. The summed E-state index contributed by atoms with van der Waals surface area (Å²) < 4.78 is 39.6. The van der Waals surface area contributed by atoms with Gasteiger partial charge >= 0.3 is 0 Å². The molecule has 37 heavy (non-hydrogen) atoms. The highest BCUT2D eigenvalue weighted by molar-refractivity contribution is 7.89. The van der Waals surface area contributed by atoms with E-state index in [1.807, 2.05) is 0 Å². The molecule has 0 N–H and O–H groups in total. The van der Waals surface area contributed by atoms with Crippen LogP contribution in [0.3, 0.4) is 0 Å². The zero-order valence-corrected chi connectivity index (χ0v) is 22.0. The van der Waals surface area contributed by atoms with E-state index in [1.54, 1.807) is 48.2 Å². The van der Waals surface area contributed by atoms with Crippen molar-refractivity contribution in [1.82, 2.24) is 14.1 Å². The number of benzene rings is 2. The number of rotatable bonds is 7. The Balaban J connectivity index is 1.44. The second-order valence-electron chi connectivity index (χ2n) is 9.28. The molecule has 2 aromatic carbocycles. The zero-order valence-electron chi connectivity index (χ0n) is 20.4. The van der Waals surface area contributed by atoms with E-state index in [9.17, 15) is 18.0 Å². The Morgan fingerprint density at radius 1 is 1.11 bits per heavy atom. The Hall–Kier alpha value is -2.92. The number of morpholine rings is 1. The number of nitrogens with zero attached hydrogens (tertiary/aromatic N) is 3. The Bertz CT molecular complexity index is 1400. The second kappa shape index (κ2) is 10.4. The van der Waals surface area contributed by atoms with Crippen molar-refractivity contribution < 1.29 is 27.2 Å². The van der Waals surface area contributed by atoms with Crippen molar-refractivity contribution in [2.75, 3.05) is 32.8 Å². The fourth-order valence-corrected chi connectivity index (χ4v) is 6.75. The van der Waals surface area contributed by atoms with Gasteiger partial charge in [0.2, 0.25) is 21.8 Å². The molecule has 2 fully saturated rings. The van der Waals surface area contributed by atoms with Crippen molar-refractivity contribution in [2.45, 2.75) is 36.9 Å². The van der Waals surface area contributed by atoms with Gasteiger partial charge in [0.15, 0.2) is 0 Å². The minimum Gasteiger partial charge on any atom is -0.472 e. The van der Waals surface area contributed by atoms with Crippen molar-refractivity contribution in [3.8, 4) is 0 Å². The maximum absolute atomic E-state index is 14.0.